The summed E-state index contributed by atoms with van der Waals surface area (Å²) >= 11 is 0. The number of hydrogen-bond donors (Lipinski definition) is 1. The number of nitrogens with zero attached hydrogens (tertiary/aromatic N) is 1. The molecule has 1 amide bonds. The van der Waals surface area contributed by atoms with Crippen LogP contribution in [0, 0.1) is 0 Å². The number of fused-ring (bicyclic) bond motifs is 1. The summed E-state index contributed by atoms with van der Waals surface area (Å²) in [5, 5.41) is 3.13. The molecule has 0 radical (unpaired) electrons. The average Bonchev–Trinajstić information content (AvgIpc) is 2.71. The summed E-state index contributed by atoms with van der Waals surface area (Å²) in [6, 6.07) is 13.7. The zero-order valence-corrected chi connectivity index (χ0v) is 17.2. The van der Waals surface area contributed by atoms with E-state index < -0.39 is 5.54 Å². The van der Waals surface area contributed by atoms with Gasteiger partial charge in [-0.1, -0.05) is 32.0 Å². The maximum absolute atomic E-state index is 12.8. The van der Waals surface area contributed by atoms with E-state index in [0.29, 0.717) is 18.8 Å². The van der Waals surface area contributed by atoms with Crippen LogP contribution in [0.4, 0.5) is 0 Å². The highest BCUT2D eigenvalue weighted by atomic mass is 16.6. The summed E-state index contributed by atoms with van der Waals surface area (Å²) in [4.78, 5) is 15.1. The number of ether oxygens (including phenoxy) is 2. The van der Waals surface area contributed by atoms with Gasteiger partial charge in [0.2, 0.25) is 0 Å². The van der Waals surface area contributed by atoms with Crippen LogP contribution >= 0.6 is 0 Å². The molecule has 0 fully saturated rings. The molecule has 0 spiro atoms. The van der Waals surface area contributed by atoms with Gasteiger partial charge < -0.3 is 14.8 Å². The molecule has 28 heavy (non-hydrogen) atoms. The van der Waals surface area contributed by atoms with Crippen molar-refractivity contribution in [3.8, 4) is 11.5 Å². The van der Waals surface area contributed by atoms with Gasteiger partial charge in [-0.3, -0.25) is 9.69 Å². The third-order valence-corrected chi connectivity index (χ3v) is 5.21. The van der Waals surface area contributed by atoms with Crippen molar-refractivity contribution < 1.29 is 14.3 Å². The Morgan fingerprint density at radius 2 is 1.64 bits per heavy atom. The lowest BCUT2D eigenvalue weighted by molar-refractivity contribution is 0.0911. The number of amides is 1. The van der Waals surface area contributed by atoms with Crippen LogP contribution in [0.5, 0.6) is 11.5 Å². The Labute approximate surface area is 167 Å². The fraction of sp³-hybridized carbons (Fsp3) is 0.435. The van der Waals surface area contributed by atoms with Gasteiger partial charge in [-0.15, -0.1) is 0 Å². The van der Waals surface area contributed by atoms with Crippen molar-refractivity contribution in [3.05, 3.63) is 59.2 Å². The van der Waals surface area contributed by atoms with Crippen molar-refractivity contribution in [2.75, 3.05) is 26.3 Å². The molecule has 2 aromatic carbocycles. The largest absolute Gasteiger partial charge is 0.486 e. The van der Waals surface area contributed by atoms with Crippen molar-refractivity contribution in [1.82, 2.24) is 10.2 Å². The van der Waals surface area contributed by atoms with Crippen molar-refractivity contribution >= 4 is 5.91 Å². The van der Waals surface area contributed by atoms with Gasteiger partial charge in [-0.2, -0.15) is 0 Å². The second-order valence-electron chi connectivity index (χ2n) is 7.60. The van der Waals surface area contributed by atoms with Gasteiger partial charge in [-0.25, -0.2) is 0 Å². The molecule has 0 unspecified atom stereocenters. The molecule has 5 heteroatoms. The molecular weight excluding hydrogens is 352 g/mol. The average molecular weight is 383 g/mol. The minimum Gasteiger partial charge on any atom is -0.486 e. The molecule has 0 saturated heterocycles. The Hall–Kier alpha value is -2.53. The van der Waals surface area contributed by atoms with Crippen molar-refractivity contribution in [1.29, 1.82) is 0 Å². The van der Waals surface area contributed by atoms with Crippen molar-refractivity contribution in [2.24, 2.45) is 0 Å². The summed E-state index contributed by atoms with van der Waals surface area (Å²) in [6.07, 6.45) is 0. The molecule has 5 nitrogen and oxygen atoms in total. The number of nitrogens with one attached hydrogen (secondary N) is 1. The summed E-state index contributed by atoms with van der Waals surface area (Å²) in [6.45, 7) is 12.3. The van der Waals surface area contributed by atoms with Crippen LogP contribution in [0.15, 0.2) is 42.5 Å². The highest BCUT2D eigenvalue weighted by molar-refractivity contribution is 5.94. The monoisotopic (exact) mass is 382 g/mol. The fourth-order valence-electron chi connectivity index (χ4n) is 3.33. The Morgan fingerprint density at radius 1 is 1.00 bits per heavy atom. The molecule has 0 atom stereocenters. The van der Waals surface area contributed by atoms with E-state index in [4.69, 9.17) is 9.47 Å². The maximum Gasteiger partial charge on any atom is 0.251 e. The summed E-state index contributed by atoms with van der Waals surface area (Å²) < 4.78 is 11.3. The minimum atomic E-state index is -0.535. The SMILES string of the molecule is CCN(CC)Cc1ccc(C(=O)NC(C)(C)c2ccc3c(c2)OCCO3)cc1. The van der Waals surface area contributed by atoms with Gasteiger partial charge >= 0.3 is 0 Å². The van der Waals surface area contributed by atoms with E-state index in [-0.39, 0.29) is 5.91 Å². The van der Waals surface area contributed by atoms with Crippen molar-refractivity contribution in [3.63, 3.8) is 0 Å². The molecule has 0 aliphatic carbocycles. The van der Waals surface area contributed by atoms with E-state index in [0.717, 1.165) is 36.7 Å². The van der Waals surface area contributed by atoms with Gasteiger partial charge in [-0.05, 0) is 62.3 Å². The third-order valence-electron chi connectivity index (χ3n) is 5.21. The van der Waals surface area contributed by atoms with E-state index >= 15 is 0 Å². The third kappa shape index (κ3) is 4.65. The van der Waals surface area contributed by atoms with Crippen LogP contribution in [0.25, 0.3) is 0 Å². The quantitative estimate of drug-likeness (QED) is 0.787. The highest BCUT2D eigenvalue weighted by Gasteiger charge is 2.25. The molecule has 1 heterocycles. The zero-order chi connectivity index (χ0) is 20.1. The van der Waals surface area contributed by atoms with E-state index in [2.05, 4.69) is 24.1 Å². The molecule has 1 aliphatic heterocycles. The smallest absolute Gasteiger partial charge is 0.251 e. The molecule has 2 aromatic rings. The van der Waals surface area contributed by atoms with Crippen LogP contribution in [0.1, 0.15) is 49.2 Å². The first kappa shape index (κ1) is 20.2. The lowest BCUT2D eigenvalue weighted by Gasteiger charge is -2.29. The topological polar surface area (TPSA) is 50.8 Å². The van der Waals surface area contributed by atoms with Crippen LogP contribution in [-0.2, 0) is 12.1 Å². The van der Waals surface area contributed by atoms with Crippen molar-refractivity contribution in [2.45, 2.75) is 39.8 Å². The number of benzene rings is 2. The minimum absolute atomic E-state index is 0.0886. The Balaban J connectivity index is 1.69. The lowest BCUT2D eigenvalue weighted by Crippen LogP contribution is -2.41. The summed E-state index contributed by atoms with van der Waals surface area (Å²) in [7, 11) is 0. The second kappa shape index (κ2) is 8.65. The van der Waals surface area contributed by atoms with E-state index in [1.54, 1.807) is 0 Å². The fourth-order valence-corrected chi connectivity index (χ4v) is 3.33. The van der Waals surface area contributed by atoms with Gasteiger partial charge in [0.15, 0.2) is 11.5 Å². The maximum atomic E-state index is 12.8. The molecular formula is C23H30N2O3. The molecule has 0 bridgehead atoms. The Bertz CT molecular complexity index is 811. The Kier molecular flexibility index (Phi) is 6.25. The molecule has 0 saturated carbocycles. The predicted molar refractivity (Wildman–Crippen MR) is 111 cm³/mol. The first-order chi connectivity index (χ1) is 13.4. The summed E-state index contributed by atoms with van der Waals surface area (Å²) in [5.74, 6) is 1.39. The number of hydrogen-bond acceptors (Lipinski definition) is 4. The summed E-state index contributed by atoms with van der Waals surface area (Å²) in [5.41, 5.74) is 2.32. The van der Waals surface area contributed by atoms with Crippen LogP contribution in [0.2, 0.25) is 0 Å². The van der Waals surface area contributed by atoms with E-state index in [1.165, 1.54) is 5.56 Å². The van der Waals surface area contributed by atoms with Gasteiger partial charge in [0.1, 0.15) is 13.2 Å². The molecule has 1 N–H and O–H groups in total. The lowest BCUT2D eigenvalue weighted by atomic mass is 9.93. The molecule has 150 valence electrons. The van der Waals surface area contributed by atoms with E-state index in [1.807, 2.05) is 56.3 Å². The Morgan fingerprint density at radius 3 is 2.29 bits per heavy atom. The molecule has 0 aromatic heterocycles. The van der Waals surface area contributed by atoms with Gasteiger partial charge in [0.25, 0.3) is 5.91 Å². The second-order valence-corrected chi connectivity index (χ2v) is 7.60. The normalized spacial score (nSPS) is 13.5. The molecule has 1 aliphatic rings. The van der Waals surface area contributed by atoms with Crippen LogP contribution < -0.4 is 14.8 Å². The van der Waals surface area contributed by atoms with Crippen LogP contribution in [-0.4, -0.2) is 37.1 Å². The first-order valence-electron chi connectivity index (χ1n) is 9.97. The standard InChI is InChI=1S/C23H30N2O3/c1-5-25(6-2)16-17-7-9-18(10-8-17)22(26)24-23(3,4)19-11-12-20-21(15-19)28-14-13-27-20/h7-12,15H,5-6,13-14,16H2,1-4H3,(H,24,26). The number of carbonyl (C=O) groups is 1. The first-order valence-corrected chi connectivity index (χ1v) is 9.97. The zero-order valence-electron chi connectivity index (χ0n) is 17.2. The number of rotatable bonds is 7. The van der Waals surface area contributed by atoms with E-state index in [9.17, 15) is 4.79 Å². The number of carbonyl (C=O) groups excluding carboxylic acids is 1. The van der Waals surface area contributed by atoms with Gasteiger partial charge in [0, 0.05) is 12.1 Å². The highest BCUT2D eigenvalue weighted by Crippen LogP contribution is 2.34. The van der Waals surface area contributed by atoms with Crippen LogP contribution in [0.3, 0.4) is 0 Å². The predicted octanol–water partition coefficient (Wildman–Crippen LogP) is 3.96. The van der Waals surface area contributed by atoms with Gasteiger partial charge in [0.05, 0.1) is 5.54 Å². The molecule has 3 rings (SSSR count).